The lowest BCUT2D eigenvalue weighted by Crippen LogP contribution is -2.26. The van der Waals surface area contributed by atoms with E-state index in [1.807, 2.05) is 0 Å². The summed E-state index contributed by atoms with van der Waals surface area (Å²) in [4.78, 5) is 21.4. The van der Waals surface area contributed by atoms with Crippen LogP contribution >= 0.6 is 0 Å². The number of hydrogen-bond acceptors (Lipinski definition) is 4. The average molecular weight is 289 g/mol. The Bertz CT molecular complexity index is 497. The molecule has 1 fully saturated rings. The third kappa shape index (κ3) is 4.55. The zero-order valence-corrected chi connectivity index (χ0v) is 12.7. The molecule has 0 saturated carbocycles. The highest BCUT2D eigenvalue weighted by atomic mass is 16.4. The van der Waals surface area contributed by atoms with E-state index in [1.54, 1.807) is 12.4 Å². The number of aromatic nitrogens is 2. The van der Waals surface area contributed by atoms with Crippen molar-refractivity contribution in [2.75, 3.05) is 18.0 Å². The van der Waals surface area contributed by atoms with E-state index in [9.17, 15) is 4.79 Å². The van der Waals surface area contributed by atoms with Crippen molar-refractivity contribution in [3.63, 3.8) is 0 Å². The second kappa shape index (κ2) is 7.20. The Kier molecular flexibility index (Phi) is 5.31. The molecular formula is C16H23N3O2. The van der Waals surface area contributed by atoms with Crippen molar-refractivity contribution in [3.05, 3.63) is 24.0 Å². The van der Waals surface area contributed by atoms with Crippen molar-refractivity contribution in [1.29, 1.82) is 0 Å². The first-order valence-electron chi connectivity index (χ1n) is 7.54. The first kappa shape index (κ1) is 15.5. The number of carbonyl (C=O) groups is 1. The lowest BCUT2D eigenvalue weighted by atomic mass is 9.89. The molecule has 1 aliphatic rings. The van der Waals surface area contributed by atoms with Gasteiger partial charge in [0, 0.05) is 37.1 Å². The Morgan fingerprint density at radius 1 is 1.33 bits per heavy atom. The van der Waals surface area contributed by atoms with Crippen molar-refractivity contribution in [3.8, 4) is 0 Å². The zero-order valence-electron chi connectivity index (χ0n) is 12.7. The first-order chi connectivity index (χ1) is 10.1. The van der Waals surface area contributed by atoms with Crippen LogP contribution in [0.15, 0.2) is 18.5 Å². The number of carboxylic acid groups (broad SMARTS) is 1. The van der Waals surface area contributed by atoms with Crippen molar-refractivity contribution >= 4 is 18.0 Å². The number of nitrogens with zero attached hydrogens (tertiary/aromatic N) is 3. The van der Waals surface area contributed by atoms with E-state index in [1.165, 1.54) is 25.3 Å². The molecule has 2 rings (SSSR count). The number of carboxylic acids is 1. The standard InChI is InChI=1S/C16H23N3O2/c1-12(2)14-4-3-8-19(9-7-14)16-17-10-13(11-18-16)5-6-15(20)21/h5-6,10-12,14H,3-4,7-9H2,1-2H3,(H,20,21)/b6-5+. The Morgan fingerprint density at radius 3 is 2.67 bits per heavy atom. The van der Waals surface area contributed by atoms with Gasteiger partial charge in [0.15, 0.2) is 0 Å². The van der Waals surface area contributed by atoms with Crippen molar-refractivity contribution in [2.45, 2.75) is 33.1 Å². The normalized spacial score (nSPS) is 20.0. The molecule has 1 aromatic heterocycles. The smallest absolute Gasteiger partial charge is 0.328 e. The fraction of sp³-hybridized carbons (Fsp3) is 0.562. The van der Waals surface area contributed by atoms with Crippen molar-refractivity contribution in [2.24, 2.45) is 11.8 Å². The predicted octanol–water partition coefficient (Wildman–Crippen LogP) is 2.84. The van der Waals surface area contributed by atoms with Gasteiger partial charge in [0.2, 0.25) is 5.95 Å². The highest BCUT2D eigenvalue weighted by molar-refractivity contribution is 5.85. The summed E-state index contributed by atoms with van der Waals surface area (Å²) in [6.07, 6.45) is 9.57. The van der Waals surface area contributed by atoms with Gasteiger partial charge in [-0.3, -0.25) is 0 Å². The molecule has 0 aliphatic carbocycles. The number of anilines is 1. The molecule has 0 bridgehead atoms. The summed E-state index contributed by atoms with van der Waals surface area (Å²) in [5.74, 6) is 1.29. The fourth-order valence-corrected chi connectivity index (χ4v) is 2.74. The van der Waals surface area contributed by atoms with E-state index in [-0.39, 0.29) is 0 Å². The van der Waals surface area contributed by atoms with Crippen LogP contribution in [0.5, 0.6) is 0 Å². The largest absolute Gasteiger partial charge is 0.478 e. The summed E-state index contributed by atoms with van der Waals surface area (Å²) in [7, 11) is 0. The third-order valence-electron chi connectivity index (χ3n) is 4.07. The van der Waals surface area contributed by atoms with Crippen LogP contribution < -0.4 is 4.90 Å². The van der Waals surface area contributed by atoms with Crippen LogP contribution in [0.25, 0.3) is 6.08 Å². The van der Waals surface area contributed by atoms with Gasteiger partial charge in [0.25, 0.3) is 0 Å². The lowest BCUT2D eigenvalue weighted by Gasteiger charge is -2.21. The van der Waals surface area contributed by atoms with Gasteiger partial charge >= 0.3 is 5.97 Å². The zero-order chi connectivity index (χ0) is 15.2. The van der Waals surface area contributed by atoms with Gasteiger partial charge < -0.3 is 10.0 Å². The third-order valence-corrected chi connectivity index (χ3v) is 4.07. The molecule has 1 N–H and O–H groups in total. The Balaban J connectivity index is 2.00. The minimum Gasteiger partial charge on any atom is -0.478 e. The van der Waals surface area contributed by atoms with E-state index in [0.717, 1.165) is 36.9 Å². The summed E-state index contributed by atoms with van der Waals surface area (Å²) >= 11 is 0. The molecule has 0 amide bonds. The van der Waals surface area contributed by atoms with E-state index >= 15 is 0 Å². The molecular weight excluding hydrogens is 266 g/mol. The summed E-state index contributed by atoms with van der Waals surface area (Å²) in [6.45, 7) is 6.57. The summed E-state index contributed by atoms with van der Waals surface area (Å²) < 4.78 is 0. The summed E-state index contributed by atoms with van der Waals surface area (Å²) in [5, 5.41) is 8.60. The fourth-order valence-electron chi connectivity index (χ4n) is 2.74. The van der Waals surface area contributed by atoms with E-state index in [0.29, 0.717) is 5.56 Å². The van der Waals surface area contributed by atoms with Gasteiger partial charge in [-0.2, -0.15) is 0 Å². The number of aliphatic carboxylic acids is 1. The molecule has 5 heteroatoms. The quantitative estimate of drug-likeness (QED) is 0.863. The topological polar surface area (TPSA) is 66.3 Å². The van der Waals surface area contributed by atoms with Gasteiger partial charge in [-0.05, 0) is 37.2 Å². The number of rotatable bonds is 4. The van der Waals surface area contributed by atoms with Crippen LogP contribution in [0, 0.1) is 11.8 Å². The van der Waals surface area contributed by atoms with Crippen LogP contribution in [0.4, 0.5) is 5.95 Å². The average Bonchev–Trinajstić information content (AvgIpc) is 2.71. The first-order valence-corrected chi connectivity index (χ1v) is 7.54. The predicted molar refractivity (Wildman–Crippen MR) is 83.1 cm³/mol. The highest BCUT2D eigenvalue weighted by Crippen LogP contribution is 2.25. The summed E-state index contributed by atoms with van der Waals surface area (Å²) in [5.41, 5.74) is 0.705. The molecule has 5 nitrogen and oxygen atoms in total. The molecule has 1 atom stereocenters. The Labute approximate surface area is 125 Å². The monoisotopic (exact) mass is 289 g/mol. The molecule has 0 radical (unpaired) electrons. The minimum atomic E-state index is -0.966. The van der Waals surface area contributed by atoms with Gasteiger partial charge in [0.1, 0.15) is 0 Å². The molecule has 1 saturated heterocycles. The maximum Gasteiger partial charge on any atom is 0.328 e. The van der Waals surface area contributed by atoms with Crippen LogP contribution in [-0.2, 0) is 4.79 Å². The maximum absolute atomic E-state index is 10.5. The SMILES string of the molecule is CC(C)C1CCCN(c2ncc(/C=C/C(=O)O)cn2)CC1. The second-order valence-corrected chi connectivity index (χ2v) is 5.91. The van der Waals surface area contributed by atoms with Gasteiger partial charge in [0.05, 0.1) is 0 Å². The van der Waals surface area contributed by atoms with Crippen LogP contribution in [-0.4, -0.2) is 34.1 Å². The molecule has 21 heavy (non-hydrogen) atoms. The van der Waals surface area contributed by atoms with Crippen LogP contribution in [0.1, 0.15) is 38.7 Å². The molecule has 114 valence electrons. The molecule has 1 aliphatic heterocycles. The van der Waals surface area contributed by atoms with E-state index < -0.39 is 5.97 Å². The molecule has 2 heterocycles. The lowest BCUT2D eigenvalue weighted by molar-refractivity contribution is -0.131. The van der Waals surface area contributed by atoms with E-state index in [4.69, 9.17) is 5.11 Å². The highest BCUT2D eigenvalue weighted by Gasteiger charge is 2.20. The molecule has 1 unspecified atom stereocenters. The molecule has 0 spiro atoms. The maximum atomic E-state index is 10.5. The van der Waals surface area contributed by atoms with Crippen molar-refractivity contribution < 1.29 is 9.90 Å². The number of hydrogen-bond donors (Lipinski definition) is 1. The van der Waals surface area contributed by atoms with Gasteiger partial charge in [-0.25, -0.2) is 14.8 Å². The van der Waals surface area contributed by atoms with Gasteiger partial charge in [-0.15, -0.1) is 0 Å². The molecule has 1 aromatic rings. The Morgan fingerprint density at radius 2 is 2.05 bits per heavy atom. The minimum absolute atomic E-state index is 0.705. The van der Waals surface area contributed by atoms with E-state index in [2.05, 4.69) is 28.7 Å². The van der Waals surface area contributed by atoms with Crippen LogP contribution in [0.2, 0.25) is 0 Å². The van der Waals surface area contributed by atoms with Crippen LogP contribution in [0.3, 0.4) is 0 Å². The second-order valence-electron chi connectivity index (χ2n) is 5.91. The summed E-state index contributed by atoms with van der Waals surface area (Å²) in [6, 6.07) is 0. The molecule has 0 aromatic carbocycles. The van der Waals surface area contributed by atoms with Gasteiger partial charge in [-0.1, -0.05) is 13.8 Å². The Hall–Kier alpha value is -1.91. The van der Waals surface area contributed by atoms with Crippen molar-refractivity contribution in [1.82, 2.24) is 9.97 Å².